The second-order valence-corrected chi connectivity index (χ2v) is 2.48. The van der Waals surface area contributed by atoms with Crippen LogP contribution in [-0.2, 0) is 9.59 Å². The molecule has 4 heteroatoms. The lowest BCUT2D eigenvalue weighted by Gasteiger charge is -2.11. The standard InChI is InChI=1S/C8H14N2O2/c1-4-10(3)5-7(2)8(12)9-6-11/h5-6H,4H2,1-3H3,(H,9,11,12)/b7-5-. The molecule has 0 aliphatic rings. The van der Waals surface area contributed by atoms with Gasteiger partial charge in [-0.05, 0) is 13.8 Å². The third-order valence-corrected chi connectivity index (χ3v) is 1.46. The summed E-state index contributed by atoms with van der Waals surface area (Å²) in [6.07, 6.45) is 2.07. The lowest BCUT2D eigenvalue weighted by atomic mass is 10.3. The van der Waals surface area contributed by atoms with E-state index in [1.54, 1.807) is 13.1 Å². The summed E-state index contributed by atoms with van der Waals surface area (Å²) in [5.74, 6) is -0.356. The normalized spacial score (nSPS) is 10.8. The van der Waals surface area contributed by atoms with Crippen LogP contribution in [0.4, 0.5) is 0 Å². The number of amides is 2. The average molecular weight is 170 g/mol. The first-order valence-corrected chi connectivity index (χ1v) is 3.75. The Labute approximate surface area is 72.2 Å². The first kappa shape index (κ1) is 10.7. The fourth-order valence-electron chi connectivity index (χ4n) is 0.648. The van der Waals surface area contributed by atoms with Gasteiger partial charge < -0.3 is 4.90 Å². The molecule has 0 saturated heterocycles. The number of rotatable bonds is 4. The van der Waals surface area contributed by atoms with E-state index in [-0.39, 0.29) is 5.91 Å². The highest BCUT2D eigenvalue weighted by Gasteiger charge is 2.01. The molecule has 2 amide bonds. The van der Waals surface area contributed by atoms with Gasteiger partial charge in [-0.3, -0.25) is 14.9 Å². The molecule has 0 aromatic heterocycles. The summed E-state index contributed by atoms with van der Waals surface area (Å²) in [6, 6.07) is 0. The van der Waals surface area contributed by atoms with E-state index in [0.29, 0.717) is 12.0 Å². The minimum absolute atomic E-state index is 0.356. The van der Waals surface area contributed by atoms with E-state index in [1.165, 1.54) is 0 Å². The van der Waals surface area contributed by atoms with E-state index in [1.807, 2.05) is 18.9 Å². The maximum absolute atomic E-state index is 11.0. The molecular formula is C8H14N2O2. The zero-order valence-electron chi connectivity index (χ0n) is 7.63. The second-order valence-electron chi connectivity index (χ2n) is 2.48. The van der Waals surface area contributed by atoms with Crippen LogP contribution in [0, 0.1) is 0 Å². The highest BCUT2D eigenvalue weighted by Crippen LogP contribution is 1.94. The van der Waals surface area contributed by atoms with E-state index in [4.69, 9.17) is 0 Å². The maximum atomic E-state index is 11.0. The fraction of sp³-hybridized carbons (Fsp3) is 0.500. The van der Waals surface area contributed by atoms with Crippen LogP contribution in [0.3, 0.4) is 0 Å². The highest BCUT2D eigenvalue weighted by molar-refractivity contribution is 5.98. The van der Waals surface area contributed by atoms with Gasteiger partial charge in [-0.25, -0.2) is 0 Å². The molecule has 0 atom stereocenters. The number of carbonyl (C=O) groups is 2. The van der Waals surface area contributed by atoms with Gasteiger partial charge in [0.25, 0.3) is 5.91 Å². The summed E-state index contributed by atoms with van der Waals surface area (Å²) in [7, 11) is 1.86. The van der Waals surface area contributed by atoms with Gasteiger partial charge >= 0.3 is 0 Å². The summed E-state index contributed by atoms with van der Waals surface area (Å²) < 4.78 is 0. The van der Waals surface area contributed by atoms with Crippen LogP contribution in [0.25, 0.3) is 0 Å². The minimum atomic E-state index is -0.356. The smallest absolute Gasteiger partial charge is 0.254 e. The summed E-state index contributed by atoms with van der Waals surface area (Å²) >= 11 is 0. The Balaban J connectivity index is 4.16. The predicted molar refractivity (Wildman–Crippen MR) is 46.3 cm³/mol. The van der Waals surface area contributed by atoms with Gasteiger partial charge in [0.15, 0.2) is 0 Å². The number of hydrogen-bond acceptors (Lipinski definition) is 3. The molecule has 0 rings (SSSR count). The lowest BCUT2D eigenvalue weighted by molar-refractivity contribution is -0.122. The zero-order valence-corrected chi connectivity index (χ0v) is 7.63. The molecule has 0 unspecified atom stereocenters. The van der Waals surface area contributed by atoms with E-state index in [0.717, 1.165) is 6.54 Å². The van der Waals surface area contributed by atoms with Crippen molar-refractivity contribution in [2.75, 3.05) is 13.6 Å². The Bertz CT molecular complexity index is 199. The maximum Gasteiger partial charge on any atom is 0.254 e. The fourth-order valence-corrected chi connectivity index (χ4v) is 0.648. The Morgan fingerprint density at radius 3 is 2.58 bits per heavy atom. The van der Waals surface area contributed by atoms with Crippen molar-refractivity contribution < 1.29 is 9.59 Å². The molecule has 0 radical (unpaired) electrons. The van der Waals surface area contributed by atoms with Gasteiger partial charge in [0, 0.05) is 25.4 Å². The van der Waals surface area contributed by atoms with E-state index < -0.39 is 0 Å². The quantitative estimate of drug-likeness (QED) is 0.481. The van der Waals surface area contributed by atoms with Crippen molar-refractivity contribution in [2.24, 2.45) is 0 Å². The first-order chi connectivity index (χ1) is 5.61. The lowest BCUT2D eigenvalue weighted by Crippen LogP contribution is -2.23. The number of hydrogen-bond donors (Lipinski definition) is 1. The van der Waals surface area contributed by atoms with Crippen molar-refractivity contribution in [3.8, 4) is 0 Å². The molecule has 0 bridgehead atoms. The Morgan fingerprint density at radius 2 is 2.17 bits per heavy atom. The molecule has 12 heavy (non-hydrogen) atoms. The van der Waals surface area contributed by atoms with Crippen LogP contribution >= 0.6 is 0 Å². The molecule has 0 spiro atoms. The summed E-state index contributed by atoms with van der Waals surface area (Å²) in [5, 5.41) is 2.06. The number of imide groups is 1. The van der Waals surface area contributed by atoms with Gasteiger partial charge in [0.05, 0.1) is 0 Å². The molecule has 0 aromatic carbocycles. The highest BCUT2D eigenvalue weighted by atomic mass is 16.2. The summed E-state index contributed by atoms with van der Waals surface area (Å²) in [4.78, 5) is 22.7. The predicted octanol–water partition coefficient (Wildman–Crippen LogP) is 0.114. The van der Waals surface area contributed by atoms with Crippen LogP contribution in [-0.4, -0.2) is 30.8 Å². The number of carbonyl (C=O) groups excluding carboxylic acids is 2. The minimum Gasteiger partial charge on any atom is -0.380 e. The van der Waals surface area contributed by atoms with Crippen molar-refractivity contribution in [3.05, 3.63) is 11.8 Å². The second kappa shape index (κ2) is 5.35. The zero-order chi connectivity index (χ0) is 9.56. The van der Waals surface area contributed by atoms with Gasteiger partial charge in [-0.2, -0.15) is 0 Å². The third-order valence-electron chi connectivity index (χ3n) is 1.46. The number of nitrogens with zero attached hydrogens (tertiary/aromatic N) is 1. The van der Waals surface area contributed by atoms with Gasteiger partial charge in [-0.1, -0.05) is 0 Å². The molecular weight excluding hydrogens is 156 g/mol. The molecule has 68 valence electrons. The van der Waals surface area contributed by atoms with Gasteiger partial charge in [-0.15, -0.1) is 0 Å². The van der Waals surface area contributed by atoms with E-state index in [9.17, 15) is 9.59 Å². The molecule has 0 aliphatic carbocycles. The van der Waals surface area contributed by atoms with Crippen molar-refractivity contribution in [1.29, 1.82) is 0 Å². The molecule has 1 N–H and O–H groups in total. The Hall–Kier alpha value is -1.32. The summed E-state index contributed by atoms with van der Waals surface area (Å²) in [6.45, 7) is 4.46. The van der Waals surface area contributed by atoms with E-state index >= 15 is 0 Å². The number of nitrogens with one attached hydrogen (secondary N) is 1. The van der Waals surface area contributed by atoms with Crippen LogP contribution in [0.15, 0.2) is 11.8 Å². The van der Waals surface area contributed by atoms with Crippen LogP contribution in [0.1, 0.15) is 13.8 Å². The van der Waals surface area contributed by atoms with Gasteiger partial charge in [0.2, 0.25) is 6.41 Å². The van der Waals surface area contributed by atoms with Crippen molar-refractivity contribution in [3.63, 3.8) is 0 Å². The first-order valence-electron chi connectivity index (χ1n) is 3.75. The molecule has 4 nitrogen and oxygen atoms in total. The molecule has 0 fully saturated rings. The molecule has 0 saturated carbocycles. The topological polar surface area (TPSA) is 49.4 Å². The largest absolute Gasteiger partial charge is 0.380 e. The molecule has 0 aromatic rings. The molecule has 0 aliphatic heterocycles. The average Bonchev–Trinajstić information content (AvgIpc) is 2.04. The summed E-state index contributed by atoms with van der Waals surface area (Å²) in [5.41, 5.74) is 0.520. The van der Waals surface area contributed by atoms with Crippen molar-refractivity contribution >= 4 is 12.3 Å². The Morgan fingerprint density at radius 1 is 1.58 bits per heavy atom. The van der Waals surface area contributed by atoms with Crippen LogP contribution in [0.2, 0.25) is 0 Å². The van der Waals surface area contributed by atoms with Gasteiger partial charge in [0.1, 0.15) is 0 Å². The third kappa shape index (κ3) is 3.75. The van der Waals surface area contributed by atoms with Crippen LogP contribution in [0.5, 0.6) is 0 Å². The van der Waals surface area contributed by atoms with Crippen molar-refractivity contribution in [1.82, 2.24) is 10.2 Å². The van der Waals surface area contributed by atoms with Crippen molar-refractivity contribution in [2.45, 2.75) is 13.8 Å². The molecule has 0 heterocycles. The van der Waals surface area contributed by atoms with Crippen LogP contribution < -0.4 is 5.32 Å². The Kier molecular flexibility index (Phi) is 4.76. The SMILES string of the molecule is CCN(C)/C=C(/C)C(=O)NC=O. The monoisotopic (exact) mass is 170 g/mol. The van der Waals surface area contributed by atoms with E-state index in [2.05, 4.69) is 5.32 Å².